The number of hydrogen-bond acceptors (Lipinski definition) is 2. The Morgan fingerprint density at radius 1 is 1.06 bits per heavy atom. The highest BCUT2D eigenvalue weighted by Gasteiger charge is 2.18. The van der Waals surface area contributed by atoms with Crippen LogP contribution in [0, 0.1) is 5.92 Å². The Bertz CT molecular complexity index is 182. The van der Waals surface area contributed by atoms with E-state index in [-0.39, 0.29) is 0 Å². The molecule has 1 atom stereocenters. The Morgan fingerprint density at radius 3 is 2.67 bits per heavy atom. The van der Waals surface area contributed by atoms with Crippen molar-refractivity contribution in [3.63, 3.8) is 0 Å². The minimum Gasteiger partial charge on any atom is -0.316 e. The molecule has 0 spiro atoms. The third-order valence-electron chi connectivity index (χ3n) is 4.04. The zero-order valence-electron chi connectivity index (χ0n) is 12.7. The first-order valence-corrected chi connectivity index (χ1v) is 8.29. The molecule has 0 saturated carbocycles. The summed E-state index contributed by atoms with van der Waals surface area (Å²) in [6.45, 7) is 11.0. The maximum atomic E-state index is 3.58. The van der Waals surface area contributed by atoms with Crippen molar-refractivity contribution in [3.05, 3.63) is 0 Å². The largest absolute Gasteiger partial charge is 0.316 e. The Kier molecular flexibility index (Phi) is 9.59. The van der Waals surface area contributed by atoms with Crippen LogP contribution in [0.2, 0.25) is 0 Å². The lowest BCUT2D eigenvalue weighted by Crippen LogP contribution is -2.40. The molecule has 1 unspecified atom stereocenters. The molecule has 0 bridgehead atoms. The number of nitrogens with one attached hydrogen (secondary N) is 1. The van der Waals surface area contributed by atoms with E-state index in [0.29, 0.717) is 0 Å². The third kappa shape index (κ3) is 7.38. The predicted octanol–water partition coefficient (Wildman–Crippen LogP) is 3.67. The Hall–Kier alpha value is -0.0800. The highest BCUT2D eigenvalue weighted by atomic mass is 15.1. The van der Waals surface area contributed by atoms with Crippen LogP contribution in [0.1, 0.15) is 65.2 Å². The molecule has 0 aromatic heterocycles. The van der Waals surface area contributed by atoms with Crippen LogP contribution in [0.5, 0.6) is 0 Å². The molecular formula is C16H34N2. The van der Waals surface area contributed by atoms with E-state index in [4.69, 9.17) is 0 Å². The molecule has 1 heterocycles. The molecule has 1 rings (SSSR count). The fraction of sp³-hybridized carbons (Fsp3) is 1.00. The van der Waals surface area contributed by atoms with Crippen LogP contribution in [0.4, 0.5) is 0 Å². The molecule has 0 aromatic carbocycles. The van der Waals surface area contributed by atoms with Crippen LogP contribution >= 0.6 is 0 Å². The van der Waals surface area contributed by atoms with Crippen LogP contribution in [0.25, 0.3) is 0 Å². The summed E-state index contributed by atoms with van der Waals surface area (Å²) in [6.07, 6.45) is 11.2. The van der Waals surface area contributed by atoms with Crippen molar-refractivity contribution in [2.45, 2.75) is 65.2 Å². The number of likely N-dealkylation sites (tertiary alicyclic amines) is 1. The highest BCUT2D eigenvalue weighted by Crippen LogP contribution is 2.16. The molecule has 108 valence electrons. The minimum atomic E-state index is 0.904. The first-order chi connectivity index (χ1) is 8.86. The maximum Gasteiger partial charge on any atom is 0.00218 e. The summed E-state index contributed by atoms with van der Waals surface area (Å²) in [6, 6.07) is 0. The van der Waals surface area contributed by atoms with Gasteiger partial charge in [-0.3, -0.25) is 0 Å². The molecule has 0 radical (unpaired) electrons. The molecule has 1 fully saturated rings. The SMILES string of the molecule is CCCCCCCN1CCCC(CNCCC)C1. The first kappa shape index (κ1) is 16.0. The molecule has 18 heavy (non-hydrogen) atoms. The molecular weight excluding hydrogens is 220 g/mol. The van der Waals surface area contributed by atoms with E-state index in [0.717, 1.165) is 5.92 Å². The van der Waals surface area contributed by atoms with E-state index < -0.39 is 0 Å². The van der Waals surface area contributed by atoms with E-state index in [1.807, 2.05) is 0 Å². The van der Waals surface area contributed by atoms with Crippen molar-refractivity contribution in [3.8, 4) is 0 Å². The van der Waals surface area contributed by atoms with Crippen LogP contribution in [-0.2, 0) is 0 Å². The zero-order valence-corrected chi connectivity index (χ0v) is 12.7. The standard InChI is InChI=1S/C16H34N2/c1-3-5-6-7-8-12-18-13-9-10-16(15-18)14-17-11-4-2/h16-17H,3-15H2,1-2H3. The van der Waals surface area contributed by atoms with Crippen molar-refractivity contribution in [2.24, 2.45) is 5.92 Å². The lowest BCUT2D eigenvalue weighted by atomic mass is 9.97. The molecule has 1 aliphatic rings. The van der Waals surface area contributed by atoms with Crippen LogP contribution < -0.4 is 5.32 Å². The summed E-state index contributed by atoms with van der Waals surface area (Å²) in [5.74, 6) is 0.904. The van der Waals surface area contributed by atoms with Crippen molar-refractivity contribution in [1.82, 2.24) is 10.2 Å². The van der Waals surface area contributed by atoms with Gasteiger partial charge in [0.25, 0.3) is 0 Å². The molecule has 0 amide bonds. The average molecular weight is 254 g/mol. The van der Waals surface area contributed by atoms with Crippen molar-refractivity contribution >= 4 is 0 Å². The predicted molar refractivity (Wildman–Crippen MR) is 81.1 cm³/mol. The summed E-state index contributed by atoms with van der Waals surface area (Å²) < 4.78 is 0. The van der Waals surface area contributed by atoms with Crippen LogP contribution in [-0.4, -0.2) is 37.6 Å². The van der Waals surface area contributed by atoms with E-state index in [9.17, 15) is 0 Å². The second-order valence-corrected chi connectivity index (χ2v) is 5.93. The van der Waals surface area contributed by atoms with Gasteiger partial charge in [-0.1, -0.05) is 39.5 Å². The normalized spacial score (nSPS) is 21.3. The van der Waals surface area contributed by atoms with Gasteiger partial charge in [-0.05, 0) is 57.8 Å². The first-order valence-electron chi connectivity index (χ1n) is 8.29. The number of unbranched alkanes of at least 4 members (excludes halogenated alkanes) is 4. The van der Waals surface area contributed by atoms with E-state index in [1.165, 1.54) is 84.1 Å². The van der Waals surface area contributed by atoms with Gasteiger partial charge in [0.15, 0.2) is 0 Å². The van der Waals surface area contributed by atoms with Gasteiger partial charge in [0, 0.05) is 6.54 Å². The molecule has 2 heteroatoms. The fourth-order valence-corrected chi connectivity index (χ4v) is 2.94. The molecule has 2 nitrogen and oxygen atoms in total. The molecule has 1 aliphatic heterocycles. The van der Waals surface area contributed by atoms with Gasteiger partial charge in [-0.2, -0.15) is 0 Å². The smallest absolute Gasteiger partial charge is 0.00218 e. The second kappa shape index (κ2) is 10.8. The molecule has 1 saturated heterocycles. The zero-order chi connectivity index (χ0) is 13.1. The van der Waals surface area contributed by atoms with Gasteiger partial charge < -0.3 is 10.2 Å². The van der Waals surface area contributed by atoms with Gasteiger partial charge in [0.1, 0.15) is 0 Å². The molecule has 0 aromatic rings. The van der Waals surface area contributed by atoms with Gasteiger partial charge in [-0.15, -0.1) is 0 Å². The van der Waals surface area contributed by atoms with Gasteiger partial charge in [0.05, 0.1) is 0 Å². The lowest BCUT2D eigenvalue weighted by molar-refractivity contribution is 0.169. The maximum absolute atomic E-state index is 3.58. The Labute approximate surface area is 115 Å². The van der Waals surface area contributed by atoms with E-state index in [2.05, 4.69) is 24.1 Å². The number of piperidine rings is 1. The average Bonchev–Trinajstić information content (AvgIpc) is 2.39. The Balaban J connectivity index is 2.03. The van der Waals surface area contributed by atoms with Crippen molar-refractivity contribution in [1.29, 1.82) is 0 Å². The number of hydrogen-bond donors (Lipinski definition) is 1. The van der Waals surface area contributed by atoms with Gasteiger partial charge >= 0.3 is 0 Å². The third-order valence-corrected chi connectivity index (χ3v) is 4.04. The monoisotopic (exact) mass is 254 g/mol. The summed E-state index contributed by atoms with van der Waals surface area (Å²) in [5, 5.41) is 3.58. The second-order valence-electron chi connectivity index (χ2n) is 5.93. The summed E-state index contributed by atoms with van der Waals surface area (Å²) in [5.41, 5.74) is 0. The van der Waals surface area contributed by atoms with Crippen molar-refractivity contribution < 1.29 is 0 Å². The van der Waals surface area contributed by atoms with Crippen LogP contribution in [0.15, 0.2) is 0 Å². The minimum absolute atomic E-state index is 0.904. The molecule has 1 N–H and O–H groups in total. The Morgan fingerprint density at radius 2 is 1.89 bits per heavy atom. The van der Waals surface area contributed by atoms with Gasteiger partial charge in [-0.25, -0.2) is 0 Å². The van der Waals surface area contributed by atoms with Crippen LogP contribution in [0.3, 0.4) is 0 Å². The van der Waals surface area contributed by atoms with E-state index >= 15 is 0 Å². The fourth-order valence-electron chi connectivity index (χ4n) is 2.94. The summed E-state index contributed by atoms with van der Waals surface area (Å²) in [4.78, 5) is 2.70. The number of nitrogens with zero attached hydrogens (tertiary/aromatic N) is 1. The lowest BCUT2D eigenvalue weighted by Gasteiger charge is -2.32. The highest BCUT2D eigenvalue weighted by molar-refractivity contribution is 4.74. The topological polar surface area (TPSA) is 15.3 Å². The summed E-state index contributed by atoms with van der Waals surface area (Å²) in [7, 11) is 0. The molecule has 0 aliphatic carbocycles. The quantitative estimate of drug-likeness (QED) is 0.598. The number of rotatable bonds is 10. The van der Waals surface area contributed by atoms with E-state index in [1.54, 1.807) is 0 Å². The summed E-state index contributed by atoms with van der Waals surface area (Å²) >= 11 is 0. The van der Waals surface area contributed by atoms with Gasteiger partial charge in [0.2, 0.25) is 0 Å². The van der Waals surface area contributed by atoms with Crippen molar-refractivity contribution in [2.75, 3.05) is 32.7 Å².